The molecule has 1 aromatic carbocycles. The lowest BCUT2D eigenvalue weighted by atomic mass is 9.95. The molecule has 9 N–H and O–H groups in total. The quantitative estimate of drug-likeness (QED) is 0.0224. The molecular formula is C49H72N12O8S. The van der Waals surface area contributed by atoms with Crippen molar-refractivity contribution in [1.29, 1.82) is 0 Å². The molecule has 4 atom stereocenters. The van der Waals surface area contributed by atoms with Gasteiger partial charge < -0.3 is 62.1 Å². The van der Waals surface area contributed by atoms with E-state index in [1.807, 2.05) is 49.1 Å². The number of pyridine rings is 1. The van der Waals surface area contributed by atoms with Crippen LogP contribution in [0.5, 0.6) is 0 Å². The van der Waals surface area contributed by atoms with E-state index in [9.17, 15) is 24.0 Å². The van der Waals surface area contributed by atoms with Crippen LogP contribution in [0.15, 0.2) is 73.1 Å². The highest BCUT2D eigenvalue weighted by Crippen LogP contribution is 2.33. The summed E-state index contributed by atoms with van der Waals surface area (Å²) < 4.78 is 16.7. The second-order valence-electron chi connectivity index (χ2n) is 17.2. The summed E-state index contributed by atoms with van der Waals surface area (Å²) in [6, 6.07) is 17.1. The van der Waals surface area contributed by atoms with Gasteiger partial charge in [0, 0.05) is 80.4 Å². The minimum Gasteiger partial charge on any atom is -0.379 e. The molecular weight excluding hydrogens is 917 g/mol. The van der Waals surface area contributed by atoms with Crippen LogP contribution in [0.3, 0.4) is 0 Å². The summed E-state index contributed by atoms with van der Waals surface area (Å²) in [6.45, 7) is 5.18. The standard InChI is InChI=1S/C49H72N12O8S/c1-61(26-10-20-46(64)59-41-18-9-17-40(57-41)58-43-33-42(53-35-54-43)55-37-14-3-2-4-15-37)25-8-7-13-36(48(50)65)21-22-45(63)52-24-12-28-68-30-32-69-31-29-67-27-11-23-51-44(62)19-6-5-16-39-47-38(34-70-39)56-49(66)60-47/h2-4,9-10,14-15,17-18,20,33,35-36,38-39,47H,5-8,11-13,16,19,21-32,34H2,1H3,(H2,50,65)(H,51,62)(H,52,63)(H2,56,60,66)(H3,53,54,55,57,58,59,64)/b20-10+/t36?,38-,39-,47-/m0/s1. The van der Waals surface area contributed by atoms with E-state index in [-0.39, 0.29) is 48.2 Å². The van der Waals surface area contributed by atoms with Crippen LogP contribution in [0.25, 0.3) is 0 Å². The summed E-state index contributed by atoms with van der Waals surface area (Å²) in [5.74, 6) is 1.86. The SMILES string of the molecule is CN(C/C=C/C(=O)Nc1cccc(Nc2cc(Nc3ccccc3)ncn2)n1)CCCCC(CCC(=O)NCCCOCCOCCOCCCNC(=O)CCCC[C@@H]1SC[C@@H]2NC(=O)N[C@@H]21)C(N)=O. The van der Waals surface area contributed by atoms with Gasteiger partial charge in [0.25, 0.3) is 0 Å². The van der Waals surface area contributed by atoms with E-state index in [0.29, 0.717) is 113 Å². The van der Waals surface area contributed by atoms with Crippen molar-refractivity contribution in [3.63, 3.8) is 0 Å². The minimum absolute atomic E-state index is 0.0591. The number of primary amides is 1. The molecule has 0 spiro atoms. The van der Waals surface area contributed by atoms with Crippen LogP contribution >= 0.6 is 11.8 Å². The summed E-state index contributed by atoms with van der Waals surface area (Å²) in [4.78, 5) is 75.9. The van der Waals surface area contributed by atoms with E-state index in [4.69, 9.17) is 19.9 Å². The number of likely N-dealkylation sites (N-methyl/N-ethyl adjacent to an activating group) is 1. The zero-order valence-corrected chi connectivity index (χ0v) is 41.2. The average molecular weight is 989 g/mol. The van der Waals surface area contributed by atoms with E-state index in [1.165, 1.54) is 12.4 Å². The predicted octanol–water partition coefficient (Wildman–Crippen LogP) is 4.63. The topological polar surface area (TPSA) is 265 Å². The number of carbonyl (C=O) groups is 5. The Labute approximate surface area is 415 Å². The number of urea groups is 1. The molecule has 0 radical (unpaired) electrons. The van der Waals surface area contributed by atoms with Gasteiger partial charge in [0.2, 0.25) is 23.6 Å². The second-order valence-corrected chi connectivity index (χ2v) is 18.5. The maximum Gasteiger partial charge on any atom is 0.315 e. The van der Waals surface area contributed by atoms with Crippen LogP contribution < -0.4 is 43.0 Å². The lowest BCUT2D eigenvalue weighted by molar-refractivity contribution is -0.124. The Balaban J connectivity index is 0.784. The van der Waals surface area contributed by atoms with Crippen LogP contribution in [-0.2, 0) is 33.4 Å². The number of carbonyl (C=O) groups excluding carboxylic acids is 5. The van der Waals surface area contributed by atoms with Crippen molar-refractivity contribution in [3.8, 4) is 0 Å². The summed E-state index contributed by atoms with van der Waals surface area (Å²) in [5, 5.41) is 21.4. The van der Waals surface area contributed by atoms with E-state index in [1.54, 1.807) is 30.3 Å². The van der Waals surface area contributed by atoms with E-state index in [2.05, 4.69) is 57.1 Å². The van der Waals surface area contributed by atoms with E-state index >= 15 is 0 Å². The zero-order chi connectivity index (χ0) is 49.6. The number of hydrogen-bond acceptors (Lipinski definition) is 15. The molecule has 2 saturated heterocycles. The maximum absolute atomic E-state index is 12.6. The van der Waals surface area contributed by atoms with Gasteiger partial charge in [0.05, 0.1) is 38.5 Å². The number of fused-ring (bicyclic) bond motifs is 1. The van der Waals surface area contributed by atoms with Gasteiger partial charge in [-0.05, 0) is 82.8 Å². The Hall–Kier alpha value is -5.87. The van der Waals surface area contributed by atoms with Gasteiger partial charge in [-0.2, -0.15) is 11.8 Å². The third-order valence-corrected chi connectivity index (χ3v) is 13.0. The highest BCUT2D eigenvalue weighted by molar-refractivity contribution is 8.00. The largest absolute Gasteiger partial charge is 0.379 e. The minimum atomic E-state index is -0.399. The van der Waals surface area contributed by atoms with Crippen LogP contribution in [-0.4, -0.2) is 145 Å². The number of nitrogens with zero attached hydrogens (tertiary/aromatic N) is 4. The monoisotopic (exact) mass is 989 g/mol. The molecule has 382 valence electrons. The molecule has 0 bridgehead atoms. The van der Waals surface area contributed by atoms with Crippen LogP contribution in [0.2, 0.25) is 0 Å². The van der Waals surface area contributed by atoms with Crippen LogP contribution in [0, 0.1) is 5.92 Å². The zero-order valence-electron chi connectivity index (χ0n) is 40.3. The average Bonchev–Trinajstić information content (AvgIpc) is 3.90. The Morgan fingerprint density at radius 1 is 0.786 bits per heavy atom. The number of nitrogens with two attached hydrogens (primary N) is 1. The van der Waals surface area contributed by atoms with E-state index < -0.39 is 5.91 Å². The second kappa shape index (κ2) is 32.1. The summed E-state index contributed by atoms with van der Waals surface area (Å²) in [6.07, 6.45) is 12.2. The lowest BCUT2D eigenvalue weighted by Crippen LogP contribution is -2.36. The molecule has 1 unspecified atom stereocenters. The van der Waals surface area contributed by atoms with Crippen molar-refractivity contribution in [2.75, 3.05) is 94.6 Å². The predicted molar refractivity (Wildman–Crippen MR) is 272 cm³/mol. The van der Waals surface area contributed by atoms with Crippen molar-refractivity contribution in [3.05, 3.63) is 73.1 Å². The summed E-state index contributed by atoms with van der Waals surface area (Å²) in [5.41, 5.74) is 6.57. The highest BCUT2D eigenvalue weighted by atomic mass is 32.2. The first kappa shape index (κ1) is 55.1. The molecule has 5 rings (SSSR count). The van der Waals surface area contributed by atoms with Gasteiger partial charge in [-0.15, -0.1) is 0 Å². The number of nitrogens with one attached hydrogen (secondary N) is 7. The van der Waals surface area contributed by atoms with Gasteiger partial charge in [-0.1, -0.05) is 43.2 Å². The molecule has 3 aromatic rings. The fourth-order valence-electron chi connectivity index (χ4n) is 7.77. The van der Waals surface area contributed by atoms with Gasteiger partial charge in [0.1, 0.15) is 29.6 Å². The first-order valence-electron chi connectivity index (χ1n) is 24.4. The Morgan fingerprint density at radius 3 is 2.20 bits per heavy atom. The molecule has 6 amide bonds. The number of para-hydroxylation sites is 1. The van der Waals surface area contributed by atoms with Crippen molar-refractivity contribution >= 4 is 70.4 Å². The maximum atomic E-state index is 12.6. The number of unbranched alkanes of at least 4 members (excludes halogenated alkanes) is 2. The number of hydrogen-bond donors (Lipinski definition) is 8. The molecule has 2 aliphatic rings. The number of amides is 6. The van der Waals surface area contributed by atoms with Crippen LogP contribution in [0.4, 0.5) is 33.8 Å². The smallest absolute Gasteiger partial charge is 0.315 e. The van der Waals surface area contributed by atoms with Crippen molar-refractivity contribution in [2.45, 2.75) is 88.0 Å². The molecule has 2 aliphatic heterocycles. The van der Waals surface area contributed by atoms with Crippen molar-refractivity contribution < 1.29 is 38.2 Å². The number of benzene rings is 1. The molecule has 0 saturated carbocycles. The lowest BCUT2D eigenvalue weighted by Gasteiger charge is -2.16. The Bertz CT molecular complexity index is 2090. The number of rotatable bonds is 36. The number of ether oxygens (including phenoxy) is 3. The van der Waals surface area contributed by atoms with Crippen molar-refractivity contribution in [1.82, 2.24) is 41.1 Å². The van der Waals surface area contributed by atoms with Crippen LogP contribution in [0.1, 0.15) is 70.6 Å². The Morgan fingerprint density at radius 2 is 1.47 bits per heavy atom. The number of anilines is 5. The normalized spacial score (nSPS) is 16.6. The van der Waals surface area contributed by atoms with Crippen molar-refractivity contribution in [2.24, 2.45) is 11.7 Å². The van der Waals surface area contributed by atoms with Gasteiger partial charge in [0.15, 0.2) is 0 Å². The number of aromatic nitrogens is 3. The summed E-state index contributed by atoms with van der Waals surface area (Å²) >= 11 is 1.90. The third kappa shape index (κ3) is 22.3. The fraction of sp³-hybridized carbons (Fsp3) is 0.551. The van der Waals surface area contributed by atoms with Gasteiger partial charge in [-0.25, -0.2) is 19.7 Å². The first-order chi connectivity index (χ1) is 34.1. The highest BCUT2D eigenvalue weighted by Gasteiger charge is 2.42. The molecule has 0 aliphatic carbocycles. The third-order valence-electron chi connectivity index (χ3n) is 11.5. The fourth-order valence-corrected chi connectivity index (χ4v) is 9.31. The summed E-state index contributed by atoms with van der Waals surface area (Å²) in [7, 11) is 1.96. The molecule has 70 heavy (non-hydrogen) atoms. The van der Waals surface area contributed by atoms with Gasteiger partial charge >= 0.3 is 6.03 Å². The molecule has 2 aromatic heterocycles. The first-order valence-corrected chi connectivity index (χ1v) is 25.4. The number of thioether (sulfide) groups is 1. The van der Waals surface area contributed by atoms with Gasteiger partial charge in [-0.3, -0.25) is 19.2 Å². The Kier molecular flexibility index (Phi) is 25.2. The van der Waals surface area contributed by atoms with E-state index in [0.717, 1.165) is 56.5 Å². The molecule has 4 heterocycles. The molecule has 2 fully saturated rings. The molecule has 20 nitrogen and oxygen atoms in total. The molecule has 21 heteroatoms.